The van der Waals surface area contributed by atoms with Gasteiger partial charge in [-0.15, -0.1) is 0 Å². The Labute approximate surface area is 186 Å². The Bertz CT molecular complexity index is 1170. The fourth-order valence-electron chi connectivity index (χ4n) is 3.78. The molecule has 0 aliphatic heterocycles. The maximum Gasteiger partial charge on any atom is 0.406 e. The summed E-state index contributed by atoms with van der Waals surface area (Å²) in [4.78, 5) is -0.123. The first-order chi connectivity index (χ1) is 15.0. The van der Waals surface area contributed by atoms with Crippen LogP contribution in [0, 0.1) is 20.8 Å². The van der Waals surface area contributed by atoms with Crippen molar-refractivity contribution < 1.29 is 21.6 Å². The number of hydrogen-bond acceptors (Lipinski definition) is 3. The summed E-state index contributed by atoms with van der Waals surface area (Å²) in [7, 11) is -4.40. The number of nitrogens with one attached hydrogen (secondary N) is 2. The molecule has 0 amide bonds. The van der Waals surface area contributed by atoms with Crippen LogP contribution >= 0.6 is 0 Å². The largest absolute Gasteiger partial charge is 0.406 e. The van der Waals surface area contributed by atoms with E-state index in [0.717, 1.165) is 16.7 Å². The van der Waals surface area contributed by atoms with Crippen LogP contribution in [0.2, 0.25) is 0 Å². The minimum Gasteiger partial charge on any atom is -0.383 e. The molecular weight excluding hydrogens is 437 g/mol. The first-order valence-corrected chi connectivity index (χ1v) is 11.5. The maximum absolute atomic E-state index is 13.8. The summed E-state index contributed by atoms with van der Waals surface area (Å²) in [5, 5.41) is 2.78. The Balaban J connectivity index is 1.88. The highest BCUT2D eigenvalue weighted by Gasteiger charge is 2.42. The van der Waals surface area contributed by atoms with Gasteiger partial charge in [0.15, 0.2) is 0 Å². The van der Waals surface area contributed by atoms with Crippen molar-refractivity contribution in [2.45, 2.75) is 37.9 Å². The maximum atomic E-state index is 13.8. The Hall–Kier alpha value is -2.84. The molecule has 32 heavy (non-hydrogen) atoms. The fourth-order valence-corrected chi connectivity index (χ4v) is 5.45. The molecule has 170 valence electrons. The standard InChI is InChI=1S/C24H25F3N2O2S/c1-16-13-17(2)23(18(3)14-16)32(30,31)29-22(24(25,26)27)15-28-21-12-8-7-11-20(21)19-9-5-4-6-10-19/h4-14,22,28-29H,15H2,1-3H3. The number of hydrogen-bond donors (Lipinski definition) is 2. The molecule has 8 heteroatoms. The molecule has 1 atom stereocenters. The average molecular weight is 463 g/mol. The van der Waals surface area contributed by atoms with E-state index in [9.17, 15) is 21.6 Å². The molecule has 0 saturated carbocycles. The second-order valence-electron chi connectivity index (χ2n) is 7.74. The van der Waals surface area contributed by atoms with Crippen LogP contribution in [0.5, 0.6) is 0 Å². The first kappa shape index (κ1) is 23.8. The third kappa shape index (κ3) is 5.49. The molecule has 0 bridgehead atoms. The Morgan fingerprint density at radius 3 is 2.03 bits per heavy atom. The number of sulfonamides is 1. The van der Waals surface area contributed by atoms with Gasteiger partial charge in [0.1, 0.15) is 6.04 Å². The zero-order valence-corrected chi connectivity index (χ0v) is 18.8. The highest BCUT2D eigenvalue weighted by Crippen LogP contribution is 2.29. The van der Waals surface area contributed by atoms with Gasteiger partial charge < -0.3 is 5.32 Å². The van der Waals surface area contributed by atoms with Crippen molar-refractivity contribution in [2.75, 3.05) is 11.9 Å². The second kappa shape index (κ2) is 9.34. The zero-order valence-electron chi connectivity index (χ0n) is 18.0. The van der Waals surface area contributed by atoms with Crippen molar-refractivity contribution in [2.24, 2.45) is 0 Å². The van der Waals surface area contributed by atoms with Gasteiger partial charge in [-0.3, -0.25) is 0 Å². The van der Waals surface area contributed by atoms with E-state index in [1.54, 1.807) is 57.2 Å². The quantitative estimate of drug-likeness (QED) is 0.481. The smallest absolute Gasteiger partial charge is 0.383 e. The predicted molar refractivity (Wildman–Crippen MR) is 121 cm³/mol. The van der Waals surface area contributed by atoms with Gasteiger partial charge in [-0.05, 0) is 43.5 Å². The Kier molecular flexibility index (Phi) is 6.95. The van der Waals surface area contributed by atoms with Crippen molar-refractivity contribution in [1.82, 2.24) is 4.72 Å². The van der Waals surface area contributed by atoms with E-state index in [4.69, 9.17) is 0 Å². The van der Waals surface area contributed by atoms with E-state index in [1.807, 2.05) is 35.1 Å². The molecule has 3 rings (SSSR count). The molecule has 4 nitrogen and oxygen atoms in total. The van der Waals surface area contributed by atoms with Crippen molar-refractivity contribution in [1.29, 1.82) is 0 Å². The van der Waals surface area contributed by atoms with E-state index in [0.29, 0.717) is 16.8 Å². The number of alkyl halides is 3. The molecule has 0 aliphatic rings. The number of anilines is 1. The van der Waals surface area contributed by atoms with Gasteiger partial charge in [-0.1, -0.05) is 66.2 Å². The van der Waals surface area contributed by atoms with Gasteiger partial charge in [-0.25, -0.2) is 8.42 Å². The molecule has 0 saturated heterocycles. The highest BCUT2D eigenvalue weighted by atomic mass is 32.2. The minimum atomic E-state index is -4.78. The van der Waals surface area contributed by atoms with Crippen LogP contribution in [0.15, 0.2) is 71.6 Å². The van der Waals surface area contributed by atoms with Crippen LogP contribution in [0.25, 0.3) is 11.1 Å². The van der Waals surface area contributed by atoms with Crippen LogP contribution in [-0.4, -0.2) is 27.2 Å². The van der Waals surface area contributed by atoms with E-state index in [2.05, 4.69) is 5.32 Å². The van der Waals surface area contributed by atoms with E-state index < -0.39 is 28.8 Å². The summed E-state index contributed by atoms with van der Waals surface area (Å²) in [5.74, 6) is 0. The molecule has 0 aliphatic carbocycles. The summed E-state index contributed by atoms with van der Waals surface area (Å²) in [5.41, 5.74) is 3.68. The topological polar surface area (TPSA) is 58.2 Å². The van der Waals surface area contributed by atoms with Gasteiger partial charge in [0.05, 0.1) is 4.90 Å². The lowest BCUT2D eigenvalue weighted by Gasteiger charge is -2.24. The molecule has 0 aromatic heterocycles. The molecule has 0 heterocycles. The highest BCUT2D eigenvalue weighted by molar-refractivity contribution is 7.89. The molecule has 0 fully saturated rings. The van der Waals surface area contributed by atoms with Crippen LogP contribution in [0.4, 0.5) is 18.9 Å². The van der Waals surface area contributed by atoms with Crippen LogP contribution < -0.4 is 10.0 Å². The lowest BCUT2D eigenvalue weighted by Crippen LogP contribution is -2.49. The van der Waals surface area contributed by atoms with Gasteiger partial charge in [0.2, 0.25) is 10.0 Å². The van der Waals surface area contributed by atoms with Crippen molar-refractivity contribution >= 4 is 15.7 Å². The predicted octanol–water partition coefficient (Wildman–Crippen LogP) is 5.60. The zero-order chi connectivity index (χ0) is 23.5. The number of para-hydroxylation sites is 1. The Morgan fingerprint density at radius 2 is 1.44 bits per heavy atom. The lowest BCUT2D eigenvalue weighted by molar-refractivity contribution is -0.148. The molecule has 2 N–H and O–H groups in total. The first-order valence-electron chi connectivity index (χ1n) is 10.0. The van der Waals surface area contributed by atoms with Gasteiger partial charge in [0.25, 0.3) is 0 Å². The average Bonchev–Trinajstić information content (AvgIpc) is 2.70. The molecule has 3 aromatic carbocycles. The number of halogens is 3. The van der Waals surface area contributed by atoms with Crippen molar-refractivity contribution in [3.63, 3.8) is 0 Å². The third-order valence-electron chi connectivity index (χ3n) is 5.07. The second-order valence-corrected chi connectivity index (χ2v) is 9.39. The lowest BCUT2D eigenvalue weighted by atomic mass is 10.0. The van der Waals surface area contributed by atoms with E-state index >= 15 is 0 Å². The summed E-state index contributed by atoms with van der Waals surface area (Å²) >= 11 is 0. The monoisotopic (exact) mass is 462 g/mol. The number of benzene rings is 3. The Morgan fingerprint density at radius 1 is 0.875 bits per heavy atom. The molecule has 0 radical (unpaired) electrons. The fraction of sp³-hybridized carbons (Fsp3) is 0.250. The summed E-state index contributed by atoms with van der Waals surface area (Å²) in [6, 6.07) is 17.2. The normalized spacial score (nSPS) is 13.1. The van der Waals surface area contributed by atoms with Crippen LogP contribution in [0.3, 0.4) is 0 Å². The molecule has 0 spiro atoms. The summed E-state index contributed by atoms with van der Waals surface area (Å²) < 4.78 is 69.0. The van der Waals surface area contributed by atoms with Gasteiger partial charge in [-0.2, -0.15) is 17.9 Å². The van der Waals surface area contributed by atoms with Crippen molar-refractivity contribution in [3.05, 3.63) is 83.4 Å². The number of rotatable bonds is 7. The number of aryl methyl sites for hydroxylation is 3. The third-order valence-corrected chi connectivity index (χ3v) is 6.85. The minimum absolute atomic E-state index is 0.123. The van der Waals surface area contributed by atoms with Crippen LogP contribution in [-0.2, 0) is 10.0 Å². The van der Waals surface area contributed by atoms with Gasteiger partial charge >= 0.3 is 6.18 Å². The van der Waals surface area contributed by atoms with E-state index in [-0.39, 0.29) is 4.90 Å². The summed E-state index contributed by atoms with van der Waals surface area (Å²) in [6.45, 7) is 4.30. The SMILES string of the molecule is Cc1cc(C)c(S(=O)(=O)NC(CNc2ccccc2-c2ccccc2)C(F)(F)F)c(C)c1. The summed E-state index contributed by atoms with van der Waals surface area (Å²) in [6.07, 6.45) is -4.78. The van der Waals surface area contributed by atoms with Gasteiger partial charge in [0, 0.05) is 17.8 Å². The van der Waals surface area contributed by atoms with Crippen LogP contribution in [0.1, 0.15) is 16.7 Å². The molecule has 3 aromatic rings. The van der Waals surface area contributed by atoms with Crippen molar-refractivity contribution in [3.8, 4) is 11.1 Å². The van der Waals surface area contributed by atoms with E-state index in [1.165, 1.54) is 0 Å². The molecular formula is C24H25F3N2O2S. The molecule has 1 unspecified atom stereocenters.